The number of rotatable bonds is 4. The van der Waals surface area contributed by atoms with E-state index < -0.39 is 0 Å². The molecular weight excluding hydrogens is 226 g/mol. The van der Waals surface area contributed by atoms with Crippen molar-refractivity contribution in [3.63, 3.8) is 0 Å². The van der Waals surface area contributed by atoms with E-state index in [0.29, 0.717) is 17.7 Å². The summed E-state index contributed by atoms with van der Waals surface area (Å²) in [4.78, 5) is 16.1. The number of hydrogen-bond donors (Lipinski definition) is 0. The second-order valence-electron chi connectivity index (χ2n) is 4.16. The summed E-state index contributed by atoms with van der Waals surface area (Å²) in [5.74, 6) is 0.687. The fourth-order valence-electron chi connectivity index (χ4n) is 1.81. The Morgan fingerprint density at radius 1 is 1.22 bits per heavy atom. The number of carbonyl (C=O) groups is 1. The fourth-order valence-corrected chi connectivity index (χ4v) is 1.81. The molecule has 0 aliphatic carbocycles. The van der Waals surface area contributed by atoms with E-state index in [2.05, 4.69) is 4.98 Å². The Kier molecular flexibility index (Phi) is 3.72. The average Bonchev–Trinajstić information content (AvgIpc) is 2.39. The molecule has 1 aromatic heterocycles. The van der Waals surface area contributed by atoms with Crippen molar-refractivity contribution in [1.29, 1.82) is 0 Å². The molecule has 1 aromatic carbocycles. The molecule has 18 heavy (non-hydrogen) atoms. The number of Topliss-reactive ketones (excluding diaryl/α,β-unsaturated/α-hetero) is 1. The van der Waals surface area contributed by atoms with Gasteiger partial charge in [-0.25, -0.2) is 0 Å². The van der Waals surface area contributed by atoms with E-state index in [1.165, 1.54) is 0 Å². The molecule has 0 saturated carbocycles. The van der Waals surface area contributed by atoms with E-state index in [1.807, 2.05) is 37.3 Å². The number of nitrogens with zero attached hydrogens (tertiary/aromatic N) is 1. The van der Waals surface area contributed by atoms with Gasteiger partial charge in [-0.3, -0.25) is 9.78 Å². The number of pyridine rings is 1. The average molecular weight is 241 g/mol. The lowest BCUT2D eigenvalue weighted by Gasteiger charge is -2.08. The Bertz CT molecular complexity index is 550. The van der Waals surface area contributed by atoms with Crippen LogP contribution in [0.3, 0.4) is 0 Å². The molecule has 92 valence electrons. The summed E-state index contributed by atoms with van der Waals surface area (Å²) in [6, 6.07) is 9.30. The maximum atomic E-state index is 12.2. The van der Waals surface area contributed by atoms with E-state index in [9.17, 15) is 4.79 Å². The smallest absolute Gasteiger partial charge is 0.170 e. The van der Waals surface area contributed by atoms with Crippen molar-refractivity contribution in [2.75, 3.05) is 7.11 Å². The van der Waals surface area contributed by atoms with Crippen LogP contribution in [-0.2, 0) is 6.42 Å². The van der Waals surface area contributed by atoms with E-state index in [4.69, 9.17) is 4.74 Å². The molecule has 2 aromatic rings. The molecule has 0 unspecified atom stereocenters. The highest BCUT2D eigenvalue weighted by Gasteiger charge is 2.12. The van der Waals surface area contributed by atoms with Crippen LogP contribution in [0, 0.1) is 6.92 Å². The molecule has 0 spiro atoms. The van der Waals surface area contributed by atoms with Crippen molar-refractivity contribution < 1.29 is 9.53 Å². The number of benzene rings is 1. The molecule has 0 radical (unpaired) electrons. The van der Waals surface area contributed by atoms with Crippen LogP contribution < -0.4 is 4.74 Å². The highest BCUT2D eigenvalue weighted by atomic mass is 16.5. The van der Waals surface area contributed by atoms with Gasteiger partial charge >= 0.3 is 0 Å². The zero-order valence-corrected chi connectivity index (χ0v) is 10.5. The Labute approximate surface area is 106 Å². The molecule has 3 nitrogen and oxygen atoms in total. The van der Waals surface area contributed by atoms with Crippen molar-refractivity contribution in [3.05, 3.63) is 59.4 Å². The minimum Gasteiger partial charge on any atom is -0.496 e. The zero-order chi connectivity index (χ0) is 13.0. The minimum absolute atomic E-state index is 0.0538. The number of aryl methyl sites for hydroxylation is 1. The quantitative estimate of drug-likeness (QED) is 0.773. The van der Waals surface area contributed by atoms with E-state index in [-0.39, 0.29) is 5.78 Å². The van der Waals surface area contributed by atoms with Crippen molar-refractivity contribution in [1.82, 2.24) is 4.98 Å². The van der Waals surface area contributed by atoms with Crippen molar-refractivity contribution in [2.45, 2.75) is 13.3 Å². The Balaban J connectivity index is 2.24. The third kappa shape index (κ3) is 2.74. The minimum atomic E-state index is 0.0538. The number of hydrogen-bond acceptors (Lipinski definition) is 3. The second kappa shape index (κ2) is 5.45. The summed E-state index contributed by atoms with van der Waals surface area (Å²) in [7, 11) is 1.58. The first-order chi connectivity index (χ1) is 8.70. The number of aromatic nitrogens is 1. The van der Waals surface area contributed by atoms with Crippen LogP contribution in [0.4, 0.5) is 0 Å². The van der Waals surface area contributed by atoms with Gasteiger partial charge in [0.1, 0.15) is 5.75 Å². The maximum absolute atomic E-state index is 12.2. The van der Waals surface area contributed by atoms with Crippen LogP contribution >= 0.6 is 0 Å². The van der Waals surface area contributed by atoms with Gasteiger partial charge in [-0.05, 0) is 42.3 Å². The van der Waals surface area contributed by atoms with Crippen LogP contribution in [0.5, 0.6) is 5.75 Å². The normalized spacial score (nSPS) is 10.1. The van der Waals surface area contributed by atoms with Gasteiger partial charge < -0.3 is 4.74 Å². The van der Waals surface area contributed by atoms with Gasteiger partial charge in [0.15, 0.2) is 5.78 Å². The Morgan fingerprint density at radius 3 is 2.61 bits per heavy atom. The Hall–Kier alpha value is -2.16. The van der Waals surface area contributed by atoms with Gasteiger partial charge in [0.05, 0.1) is 12.7 Å². The topological polar surface area (TPSA) is 39.2 Å². The molecule has 0 atom stereocenters. The highest BCUT2D eigenvalue weighted by Crippen LogP contribution is 2.21. The summed E-state index contributed by atoms with van der Waals surface area (Å²) in [5.41, 5.74) is 2.66. The SMILES string of the molecule is COc1cc(C)ccc1C(=O)Cc1ccncc1. The van der Waals surface area contributed by atoms with Crippen LogP contribution in [-0.4, -0.2) is 17.9 Å². The van der Waals surface area contributed by atoms with Crippen molar-refractivity contribution in [3.8, 4) is 5.75 Å². The maximum Gasteiger partial charge on any atom is 0.170 e. The predicted molar refractivity (Wildman–Crippen MR) is 70.0 cm³/mol. The largest absolute Gasteiger partial charge is 0.496 e. The van der Waals surface area contributed by atoms with Crippen LogP contribution in [0.15, 0.2) is 42.7 Å². The van der Waals surface area contributed by atoms with E-state index in [0.717, 1.165) is 11.1 Å². The van der Waals surface area contributed by atoms with Gasteiger partial charge in [-0.1, -0.05) is 6.07 Å². The third-order valence-electron chi connectivity index (χ3n) is 2.77. The predicted octanol–water partition coefficient (Wildman–Crippen LogP) is 2.82. The number of carbonyl (C=O) groups excluding carboxylic acids is 1. The molecule has 0 amide bonds. The molecule has 0 aliphatic heterocycles. The van der Waals surface area contributed by atoms with E-state index in [1.54, 1.807) is 19.5 Å². The summed E-state index contributed by atoms with van der Waals surface area (Å²) in [5, 5.41) is 0. The summed E-state index contributed by atoms with van der Waals surface area (Å²) in [6.45, 7) is 1.97. The van der Waals surface area contributed by atoms with Crippen molar-refractivity contribution in [2.24, 2.45) is 0 Å². The van der Waals surface area contributed by atoms with Gasteiger partial charge in [-0.15, -0.1) is 0 Å². The molecule has 3 heteroatoms. The van der Waals surface area contributed by atoms with Crippen LogP contribution in [0.25, 0.3) is 0 Å². The second-order valence-corrected chi connectivity index (χ2v) is 4.16. The first kappa shape index (κ1) is 12.3. The molecule has 0 aliphatic rings. The lowest BCUT2D eigenvalue weighted by Crippen LogP contribution is -2.06. The molecule has 0 bridgehead atoms. The zero-order valence-electron chi connectivity index (χ0n) is 10.5. The lowest BCUT2D eigenvalue weighted by atomic mass is 10.0. The van der Waals surface area contributed by atoms with Gasteiger partial charge in [0.2, 0.25) is 0 Å². The number of ketones is 1. The lowest BCUT2D eigenvalue weighted by molar-refractivity contribution is 0.0990. The first-order valence-electron chi connectivity index (χ1n) is 5.77. The fraction of sp³-hybridized carbons (Fsp3) is 0.200. The molecule has 0 saturated heterocycles. The van der Waals surface area contributed by atoms with Gasteiger partial charge in [-0.2, -0.15) is 0 Å². The monoisotopic (exact) mass is 241 g/mol. The summed E-state index contributed by atoms with van der Waals surface area (Å²) in [6.07, 6.45) is 3.74. The molecule has 0 N–H and O–H groups in total. The number of ether oxygens (including phenoxy) is 1. The highest BCUT2D eigenvalue weighted by molar-refractivity contribution is 6.00. The first-order valence-corrected chi connectivity index (χ1v) is 5.77. The molecular formula is C15H15NO2. The standard InChI is InChI=1S/C15H15NO2/c1-11-3-4-13(15(9-11)18-2)14(17)10-12-5-7-16-8-6-12/h3-9H,10H2,1-2H3. The van der Waals surface area contributed by atoms with Crippen LogP contribution in [0.2, 0.25) is 0 Å². The molecule has 2 rings (SSSR count). The van der Waals surface area contributed by atoms with Crippen LogP contribution in [0.1, 0.15) is 21.5 Å². The van der Waals surface area contributed by atoms with Gasteiger partial charge in [0, 0.05) is 18.8 Å². The Morgan fingerprint density at radius 2 is 1.94 bits per heavy atom. The van der Waals surface area contributed by atoms with Crippen molar-refractivity contribution >= 4 is 5.78 Å². The van der Waals surface area contributed by atoms with E-state index >= 15 is 0 Å². The van der Waals surface area contributed by atoms with Gasteiger partial charge in [0.25, 0.3) is 0 Å². The number of methoxy groups -OCH3 is 1. The summed E-state index contributed by atoms with van der Waals surface area (Å²) < 4.78 is 5.25. The molecule has 0 fully saturated rings. The third-order valence-corrected chi connectivity index (χ3v) is 2.77. The summed E-state index contributed by atoms with van der Waals surface area (Å²) >= 11 is 0. The molecule has 1 heterocycles.